The third-order valence-corrected chi connectivity index (χ3v) is 4.10. The van der Waals surface area contributed by atoms with Crippen molar-refractivity contribution in [3.05, 3.63) is 29.1 Å². The number of rotatable bonds is 1. The van der Waals surface area contributed by atoms with Crippen LogP contribution in [0.15, 0.2) is 12.3 Å². The summed E-state index contributed by atoms with van der Waals surface area (Å²) in [5.74, 6) is 2.98. The Kier molecular flexibility index (Phi) is 2.22. The molecule has 0 radical (unpaired) electrons. The molecular weight excluding hydrogens is 192 g/mol. The SMILES string of the molecule is c1nc2c(cc1C1CCNC1)CSC2. The van der Waals surface area contributed by atoms with Crippen LogP contribution in [-0.2, 0) is 11.5 Å². The smallest absolute Gasteiger partial charge is 0.0543 e. The van der Waals surface area contributed by atoms with Gasteiger partial charge in [0.25, 0.3) is 0 Å². The second kappa shape index (κ2) is 3.55. The molecule has 3 heteroatoms. The molecule has 1 fully saturated rings. The first-order valence-electron chi connectivity index (χ1n) is 5.19. The van der Waals surface area contributed by atoms with Gasteiger partial charge in [-0.2, -0.15) is 11.8 Å². The molecule has 1 saturated heterocycles. The number of hydrogen-bond acceptors (Lipinski definition) is 3. The summed E-state index contributed by atoms with van der Waals surface area (Å²) < 4.78 is 0. The van der Waals surface area contributed by atoms with E-state index >= 15 is 0 Å². The largest absolute Gasteiger partial charge is 0.316 e. The summed E-state index contributed by atoms with van der Waals surface area (Å²) in [5, 5.41) is 3.41. The lowest BCUT2D eigenvalue weighted by atomic mass is 9.98. The van der Waals surface area contributed by atoms with Crippen LogP contribution in [0.3, 0.4) is 0 Å². The van der Waals surface area contributed by atoms with Gasteiger partial charge in [-0.15, -0.1) is 0 Å². The van der Waals surface area contributed by atoms with Crippen LogP contribution in [0.2, 0.25) is 0 Å². The fourth-order valence-corrected chi connectivity index (χ4v) is 3.26. The van der Waals surface area contributed by atoms with Gasteiger partial charge in [-0.25, -0.2) is 0 Å². The van der Waals surface area contributed by atoms with E-state index in [1.807, 2.05) is 11.8 Å². The normalized spacial score (nSPS) is 25.3. The quantitative estimate of drug-likeness (QED) is 0.759. The van der Waals surface area contributed by atoms with E-state index in [2.05, 4.69) is 22.6 Å². The lowest BCUT2D eigenvalue weighted by Gasteiger charge is -2.09. The van der Waals surface area contributed by atoms with E-state index in [1.54, 1.807) is 0 Å². The third kappa shape index (κ3) is 1.44. The maximum Gasteiger partial charge on any atom is 0.0543 e. The molecule has 3 heterocycles. The lowest BCUT2D eigenvalue weighted by molar-refractivity contribution is 0.756. The molecule has 1 unspecified atom stereocenters. The summed E-state index contributed by atoms with van der Waals surface area (Å²) in [6.07, 6.45) is 3.36. The van der Waals surface area contributed by atoms with E-state index in [4.69, 9.17) is 0 Å². The Bertz CT molecular complexity index is 345. The molecule has 2 aliphatic heterocycles. The molecule has 0 spiro atoms. The van der Waals surface area contributed by atoms with Crippen molar-refractivity contribution in [3.63, 3.8) is 0 Å². The van der Waals surface area contributed by atoms with Gasteiger partial charge in [-0.3, -0.25) is 4.98 Å². The number of aromatic nitrogens is 1. The molecule has 0 aliphatic carbocycles. The van der Waals surface area contributed by atoms with Crippen LogP contribution in [0, 0.1) is 0 Å². The third-order valence-electron chi connectivity index (χ3n) is 3.11. The Morgan fingerprint density at radius 2 is 2.43 bits per heavy atom. The summed E-state index contributed by atoms with van der Waals surface area (Å²) >= 11 is 1.98. The van der Waals surface area contributed by atoms with Crippen molar-refractivity contribution in [2.75, 3.05) is 13.1 Å². The van der Waals surface area contributed by atoms with Gasteiger partial charge < -0.3 is 5.32 Å². The molecule has 1 aromatic heterocycles. The van der Waals surface area contributed by atoms with Crippen LogP contribution in [0.4, 0.5) is 0 Å². The van der Waals surface area contributed by atoms with Crippen LogP contribution in [0.5, 0.6) is 0 Å². The first-order valence-corrected chi connectivity index (χ1v) is 6.35. The van der Waals surface area contributed by atoms with Gasteiger partial charge in [0.1, 0.15) is 0 Å². The molecule has 14 heavy (non-hydrogen) atoms. The molecule has 2 aliphatic rings. The van der Waals surface area contributed by atoms with Crippen molar-refractivity contribution >= 4 is 11.8 Å². The molecule has 0 aromatic carbocycles. The molecule has 3 rings (SSSR count). The Hall–Kier alpha value is -0.540. The summed E-state index contributed by atoms with van der Waals surface area (Å²) in [7, 11) is 0. The Balaban J connectivity index is 1.91. The average Bonchev–Trinajstić information content (AvgIpc) is 2.88. The monoisotopic (exact) mass is 206 g/mol. The minimum Gasteiger partial charge on any atom is -0.316 e. The summed E-state index contributed by atoms with van der Waals surface area (Å²) in [4.78, 5) is 4.56. The Morgan fingerprint density at radius 1 is 1.43 bits per heavy atom. The first-order chi connectivity index (χ1) is 6.93. The number of pyridine rings is 1. The minimum absolute atomic E-state index is 0.707. The molecule has 2 nitrogen and oxygen atoms in total. The van der Waals surface area contributed by atoms with E-state index in [-0.39, 0.29) is 0 Å². The standard InChI is InChI=1S/C11H14N2S/c1-2-12-4-8(1)9-3-10-6-14-7-11(10)13-5-9/h3,5,8,12H,1-2,4,6-7H2. The van der Waals surface area contributed by atoms with Crippen LogP contribution >= 0.6 is 11.8 Å². The number of thioether (sulfide) groups is 1. The maximum absolute atomic E-state index is 4.56. The second-order valence-electron chi connectivity index (χ2n) is 4.06. The van der Waals surface area contributed by atoms with Gasteiger partial charge in [0.05, 0.1) is 5.69 Å². The zero-order chi connectivity index (χ0) is 9.38. The molecule has 1 atom stereocenters. The maximum atomic E-state index is 4.56. The van der Waals surface area contributed by atoms with Gasteiger partial charge >= 0.3 is 0 Å². The first kappa shape index (κ1) is 8.74. The van der Waals surface area contributed by atoms with Crippen molar-refractivity contribution in [2.24, 2.45) is 0 Å². The van der Waals surface area contributed by atoms with Gasteiger partial charge in [-0.1, -0.05) is 6.07 Å². The Morgan fingerprint density at radius 3 is 3.29 bits per heavy atom. The summed E-state index contributed by atoms with van der Waals surface area (Å²) in [5.41, 5.74) is 4.22. The van der Waals surface area contributed by atoms with Crippen LogP contribution in [-0.4, -0.2) is 18.1 Å². The number of fused-ring (bicyclic) bond motifs is 1. The van der Waals surface area contributed by atoms with Crippen molar-refractivity contribution in [1.82, 2.24) is 10.3 Å². The topological polar surface area (TPSA) is 24.9 Å². The van der Waals surface area contributed by atoms with Crippen LogP contribution < -0.4 is 5.32 Å². The van der Waals surface area contributed by atoms with Crippen molar-refractivity contribution in [1.29, 1.82) is 0 Å². The number of nitrogens with one attached hydrogen (secondary N) is 1. The van der Waals surface area contributed by atoms with Gasteiger partial charge in [0.2, 0.25) is 0 Å². The highest BCUT2D eigenvalue weighted by molar-refractivity contribution is 7.98. The number of nitrogens with zero attached hydrogens (tertiary/aromatic N) is 1. The van der Waals surface area contributed by atoms with Crippen molar-refractivity contribution in [3.8, 4) is 0 Å². The van der Waals surface area contributed by atoms with Crippen LogP contribution in [0.1, 0.15) is 29.2 Å². The average molecular weight is 206 g/mol. The number of hydrogen-bond donors (Lipinski definition) is 1. The highest BCUT2D eigenvalue weighted by Gasteiger charge is 2.19. The van der Waals surface area contributed by atoms with Crippen LogP contribution in [0.25, 0.3) is 0 Å². The predicted octanol–water partition coefficient (Wildman–Crippen LogP) is 1.91. The fraction of sp³-hybridized carbons (Fsp3) is 0.545. The molecule has 1 aromatic rings. The highest BCUT2D eigenvalue weighted by Crippen LogP contribution is 2.31. The van der Waals surface area contributed by atoms with Gasteiger partial charge in [-0.05, 0) is 30.0 Å². The van der Waals surface area contributed by atoms with Gasteiger partial charge in [0, 0.05) is 24.2 Å². The van der Waals surface area contributed by atoms with Gasteiger partial charge in [0.15, 0.2) is 0 Å². The zero-order valence-electron chi connectivity index (χ0n) is 8.12. The molecular formula is C11H14N2S. The predicted molar refractivity (Wildman–Crippen MR) is 59.5 cm³/mol. The van der Waals surface area contributed by atoms with Crippen molar-refractivity contribution < 1.29 is 0 Å². The molecule has 1 N–H and O–H groups in total. The van der Waals surface area contributed by atoms with Crippen molar-refractivity contribution in [2.45, 2.75) is 23.8 Å². The molecule has 0 bridgehead atoms. The highest BCUT2D eigenvalue weighted by atomic mass is 32.2. The second-order valence-corrected chi connectivity index (χ2v) is 5.04. The van der Waals surface area contributed by atoms with E-state index in [1.165, 1.54) is 23.2 Å². The summed E-state index contributed by atoms with van der Waals surface area (Å²) in [6, 6.07) is 2.38. The molecule has 0 saturated carbocycles. The van der Waals surface area contributed by atoms with E-state index < -0.39 is 0 Å². The lowest BCUT2D eigenvalue weighted by Crippen LogP contribution is -2.08. The Labute approximate surface area is 88.5 Å². The van der Waals surface area contributed by atoms with E-state index in [9.17, 15) is 0 Å². The van der Waals surface area contributed by atoms with E-state index in [0.29, 0.717) is 5.92 Å². The molecule has 74 valence electrons. The molecule has 0 amide bonds. The van der Waals surface area contributed by atoms with E-state index in [0.717, 1.165) is 24.6 Å². The summed E-state index contributed by atoms with van der Waals surface area (Å²) in [6.45, 7) is 2.30. The zero-order valence-corrected chi connectivity index (χ0v) is 8.94. The fourth-order valence-electron chi connectivity index (χ4n) is 2.23. The minimum atomic E-state index is 0.707.